The van der Waals surface area contributed by atoms with E-state index in [9.17, 15) is 13.5 Å². The number of para-hydroxylation sites is 1. The molecule has 0 radical (unpaired) electrons. The summed E-state index contributed by atoms with van der Waals surface area (Å²) in [6.45, 7) is 2.24. The lowest BCUT2D eigenvalue weighted by Crippen LogP contribution is -2.18. The number of rotatable bonds is 9. The van der Waals surface area contributed by atoms with Crippen LogP contribution in [0.1, 0.15) is 32.0 Å². The van der Waals surface area contributed by atoms with E-state index in [1.807, 2.05) is 6.92 Å². The molecule has 1 aromatic carbocycles. The van der Waals surface area contributed by atoms with Crippen LogP contribution in [0, 0.1) is 5.92 Å². The van der Waals surface area contributed by atoms with E-state index in [1.165, 1.54) is 23.9 Å². The third-order valence-corrected chi connectivity index (χ3v) is 6.95. The van der Waals surface area contributed by atoms with Crippen LogP contribution < -0.4 is 9.46 Å². The van der Waals surface area contributed by atoms with Crippen LogP contribution in [0.15, 0.2) is 46.9 Å². The number of nitrogens with zero attached hydrogens (tertiary/aromatic N) is 5. The molecule has 0 spiro atoms. The third kappa shape index (κ3) is 4.83. The highest BCUT2D eigenvalue weighted by Crippen LogP contribution is 2.37. The predicted molar refractivity (Wildman–Crippen MR) is 134 cm³/mol. The molecular formula is C24H24N6O5S. The fraction of sp³-hybridized carbons (Fsp3) is 0.333. The van der Waals surface area contributed by atoms with Crippen LogP contribution in [-0.2, 0) is 14.8 Å². The van der Waals surface area contributed by atoms with Gasteiger partial charge >= 0.3 is 0 Å². The number of anilines is 1. The molecule has 2 aromatic heterocycles. The Morgan fingerprint density at radius 1 is 1.28 bits per heavy atom. The molecule has 1 saturated carbocycles. The van der Waals surface area contributed by atoms with E-state index < -0.39 is 10.0 Å². The van der Waals surface area contributed by atoms with Crippen molar-refractivity contribution in [2.24, 2.45) is 10.9 Å². The standard InChI is InChI=1S/C24H24N6O5S/c1-3-35-20-9-4-6-16(26-20)23-28-22-24(30(23)21-17(31)7-5-8-18(21)34-2)25-14-19(27-22)29-36(32,33)13-12-15-10-11-15/h5,7-9,14-15,31H,3,10-13H2,1-2H3,(H,27,29). The second kappa shape index (κ2) is 9.50. The first-order valence-corrected chi connectivity index (χ1v) is 13.1. The summed E-state index contributed by atoms with van der Waals surface area (Å²) in [5, 5.41) is 10.7. The lowest BCUT2D eigenvalue weighted by Gasteiger charge is -2.14. The number of imidazole rings is 1. The van der Waals surface area contributed by atoms with Crippen molar-refractivity contribution in [1.82, 2.24) is 19.5 Å². The number of phenolic OH excluding ortho intramolecular Hbond substituents is 1. The molecule has 2 N–H and O–H groups in total. The van der Waals surface area contributed by atoms with Crippen LogP contribution in [0.2, 0.25) is 0 Å². The average molecular weight is 509 g/mol. The molecule has 1 fully saturated rings. The molecule has 2 aliphatic rings. The Kier molecular flexibility index (Phi) is 6.24. The Hall–Kier alpha value is -4.11. The minimum Gasteiger partial charge on any atom is -0.506 e. The molecule has 0 atom stereocenters. The number of sulfonamides is 1. The van der Waals surface area contributed by atoms with E-state index in [-0.39, 0.29) is 45.8 Å². The van der Waals surface area contributed by atoms with Crippen LogP contribution in [0.5, 0.6) is 11.5 Å². The number of methoxy groups -OCH3 is 1. The topological polar surface area (TPSA) is 141 Å². The number of benzene rings is 1. The van der Waals surface area contributed by atoms with Crippen molar-refractivity contribution in [3.63, 3.8) is 0 Å². The van der Waals surface area contributed by atoms with Crippen LogP contribution in [0.3, 0.4) is 0 Å². The molecule has 0 amide bonds. The molecule has 36 heavy (non-hydrogen) atoms. The van der Waals surface area contributed by atoms with Crippen molar-refractivity contribution in [3.8, 4) is 17.2 Å². The van der Waals surface area contributed by atoms with E-state index >= 15 is 0 Å². The molecule has 0 bridgehead atoms. The Labute approximate surface area is 207 Å². The van der Waals surface area contributed by atoms with E-state index in [4.69, 9.17) is 9.47 Å². The van der Waals surface area contributed by atoms with Crippen molar-refractivity contribution in [1.29, 1.82) is 0 Å². The fourth-order valence-corrected chi connectivity index (χ4v) is 4.94. The summed E-state index contributed by atoms with van der Waals surface area (Å²) in [7, 11) is -2.11. The highest BCUT2D eigenvalue weighted by Gasteiger charge is 2.26. The van der Waals surface area contributed by atoms with Gasteiger partial charge in [-0.15, -0.1) is 0 Å². The zero-order valence-electron chi connectivity index (χ0n) is 19.7. The fourth-order valence-electron chi connectivity index (χ4n) is 3.78. The minimum atomic E-state index is -3.58. The number of aliphatic imine (C=N–C) groups is 1. The third-order valence-electron chi connectivity index (χ3n) is 5.66. The quantitative estimate of drug-likeness (QED) is 0.420. The second-order valence-corrected chi connectivity index (χ2v) is 10.1. The summed E-state index contributed by atoms with van der Waals surface area (Å²) in [6, 6.07) is 4.83. The highest BCUT2D eigenvalue weighted by atomic mass is 32.2. The first-order chi connectivity index (χ1) is 17.4. The average Bonchev–Trinajstić information content (AvgIpc) is 3.62. The summed E-state index contributed by atoms with van der Waals surface area (Å²) in [5.41, 5.74) is 6.68. The first-order valence-electron chi connectivity index (χ1n) is 11.4. The maximum atomic E-state index is 12.5. The highest BCUT2D eigenvalue weighted by molar-refractivity contribution is 7.92. The molecule has 11 nitrogen and oxygen atoms in total. The summed E-state index contributed by atoms with van der Waals surface area (Å²) in [4.78, 5) is 17.8. The van der Waals surface area contributed by atoms with Crippen molar-refractivity contribution in [3.05, 3.63) is 47.8 Å². The number of ether oxygens (including phenoxy) is 2. The molecule has 5 rings (SSSR count). The summed E-state index contributed by atoms with van der Waals surface area (Å²) in [5.74, 6) is 1.36. The molecule has 0 unspecified atom stereocenters. The number of hydrogen-bond donors (Lipinski definition) is 2. The normalized spacial score (nSPS) is 15.1. The predicted octanol–water partition coefficient (Wildman–Crippen LogP) is 3.17. The number of phenols is 1. The summed E-state index contributed by atoms with van der Waals surface area (Å²) in [6.07, 6.45) is 5.62. The SMILES string of the molecule is CCOC1=NC(c2nc3nc(NS(=O)(=O)CCC4CC4)cnc3n2-c2c(O)cccc2OC)=C=C=C1. The maximum absolute atomic E-state index is 12.5. The van der Waals surface area contributed by atoms with Gasteiger partial charge in [-0.1, -0.05) is 24.6 Å². The Morgan fingerprint density at radius 2 is 2.11 bits per heavy atom. The van der Waals surface area contributed by atoms with Crippen LogP contribution in [0.25, 0.3) is 22.7 Å². The van der Waals surface area contributed by atoms with Gasteiger partial charge in [-0.2, -0.15) is 0 Å². The van der Waals surface area contributed by atoms with Crippen molar-refractivity contribution in [2.45, 2.75) is 26.2 Å². The largest absolute Gasteiger partial charge is 0.506 e. The van der Waals surface area contributed by atoms with Gasteiger partial charge in [0, 0.05) is 0 Å². The molecule has 1 aliphatic heterocycles. The number of aromatic hydroxyl groups is 1. The van der Waals surface area contributed by atoms with Crippen molar-refractivity contribution < 1.29 is 23.0 Å². The lowest BCUT2D eigenvalue weighted by molar-refractivity contribution is 0.330. The molecule has 0 saturated heterocycles. The van der Waals surface area contributed by atoms with Gasteiger partial charge in [0.25, 0.3) is 0 Å². The molecule has 3 aromatic rings. The minimum absolute atomic E-state index is 0.0189. The van der Waals surface area contributed by atoms with Gasteiger partial charge in [-0.3, -0.25) is 9.29 Å². The Morgan fingerprint density at radius 3 is 2.86 bits per heavy atom. The lowest BCUT2D eigenvalue weighted by atomic mass is 10.2. The molecular weight excluding hydrogens is 484 g/mol. The monoisotopic (exact) mass is 508 g/mol. The van der Waals surface area contributed by atoms with E-state index in [0.29, 0.717) is 30.6 Å². The van der Waals surface area contributed by atoms with Crippen LogP contribution in [-0.4, -0.2) is 58.4 Å². The van der Waals surface area contributed by atoms with Gasteiger partial charge < -0.3 is 14.6 Å². The van der Waals surface area contributed by atoms with Gasteiger partial charge in [0.2, 0.25) is 21.6 Å². The van der Waals surface area contributed by atoms with Gasteiger partial charge in [-0.25, -0.2) is 28.4 Å². The zero-order chi connectivity index (χ0) is 25.3. The van der Waals surface area contributed by atoms with Crippen LogP contribution >= 0.6 is 0 Å². The molecule has 12 heteroatoms. The van der Waals surface area contributed by atoms with E-state index in [1.54, 1.807) is 18.2 Å². The summed E-state index contributed by atoms with van der Waals surface area (Å²) < 4.78 is 40.0. The van der Waals surface area contributed by atoms with Crippen molar-refractivity contribution >= 4 is 38.7 Å². The zero-order valence-corrected chi connectivity index (χ0v) is 20.5. The maximum Gasteiger partial charge on any atom is 0.233 e. The van der Waals surface area contributed by atoms with Gasteiger partial charge in [0.1, 0.15) is 17.2 Å². The number of nitrogens with one attached hydrogen (secondary N) is 1. The Balaban J connectivity index is 1.64. The smallest absolute Gasteiger partial charge is 0.233 e. The molecule has 3 heterocycles. The number of hydrogen-bond acceptors (Lipinski definition) is 9. The van der Waals surface area contributed by atoms with Crippen molar-refractivity contribution in [2.75, 3.05) is 24.2 Å². The number of fused-ring (bicyclic) bond motifs is 1. The van der Waals surface area contributed by atoms with Gasteiger partial charge in [0.05, 0.1) is 31.7 Å². The number of aromatic nitrogens is 4. The molecule has 1 aliphatic carbocycles. The first kappa shape index (κ1) is 23.6. The van der Waals surface area contributed by atoms with Gasteiger partial charge in [0.15, 0.2) is 23.0 Å². The van der Waals surface area contributed by atoms with E-state index in [0.717, 1.165) is 12.8 Å². The van der Waals surface area contributed by atoms with Crippen LogP contribution in [0.4, 0.5) is 5.82 Å². The summed E-state index contributed by atoms with van der Waals surface area (Å²) >= 11 is 0. The second-order valence-electron chi connectivity index (χ2n) is 8.30. The van der Waals surface area contributed by atoms with Gasteiger partial charge in [-0.05, 0) is 37.1 Å². The molecule has 186 valence electrons. The Bertz CT molecular complexity index is 1580. The van der Waals surface area contributed by atoms with E-state index in [2.05, 4.69) is 36.1 Å².